The summed E-state index contributed by atoms with van der Waals surface area (Å²) < 4.78 is 5.37. The van der Waals surface area contributed by atoms with Gasteiger partial charge in [-0.05, 0) is 18.4 Å². The first-order valence-corrected chi connectivity index (χ1v) is 8.21. The van der Waals surface area contributed by atoms with E-state index in [4.69, 9.17) is 4.52 Å². The van der Waals surface area contributed by atoms with E-state index in [0.717, 1.165) is 24.9 Å². The highest BCUT2D eigenvalue weighted by Gasteiger charge is 2.32. The summed E-state index contributed by atoms with van der Waals surface area (Å²) in [7, 11) is 0. The maximum atomic E-state index is 12.9. The number of amides is 1. The molecule has 24 heavy (non-hydrogen) atoms. The van der Waals surface area contributed by atoms with Crippen LogP contribution in [-0.2, 0) is 0 Å². The quantitative estimate of drug-likeness (QED) is 0.722. The van der Waals surface area contributed by atoms with Crippen molar-refractivity contribution in [1.82, 2.24) is 10.1 Å². The topological polar surface area (TPSA) is 46.3 Å². The average molecular weight is 318 g/mol. The van der Waals surface area contributed by atoms with Crippen LogP contribution in [0.3, 0.4) is 0 Å². The number of carbonyl (C=O) groups is 1. The van der Waals surface area contributed by atoms with E-state index in [9.17, 15) is 4.79 Å². The van der Waals surface area contributed by atoms with E-state index in [2.05, 4.69) is 17.3 Å². The first-order chi connectivity index (χ1) is 11.8. The molecule has 0 aliphatic carbocycles. The molecule has 120 valence electrons. The van der Waals surface area contributed by atoms with Crippen molar-refractivity contribution >= 4 is 5.91 Å². The van der Waals surface area contributed by atoms with Crippen LogP contribution in [0.4, 0.5) is 0 Å². The summed E-state index contributed by atoms with van der Waals surface area (Å²) in [6, 6.07) is 21.7. The molecule has 4 heteroatoms. The molecule has 1 fully saturated rings. The third-order valence-corrected chi connectivity index (χ3v) is 4.49. The molecule has 0 radical (unpaired) electrons. The van der Waals surface area contributed by atoms with Crippen LogP contribution in [-0.4, -0.2) is 22.5 Å². The van der Waals surface area contributed by atoms with E-state index in [1.807, 2.05) is 53.4 Å². The lowest BCUT2D eigenvalue weighted by atomic mass is 10.0. The molecule has 4 nitrogen and oxygen atoms in total. The van der Waals surface area contributed by atoms with Gasteiger partial charge in [0.2, 0.25) is 0 Å². The molecule has 1 aromatic heterocycles. The highest BCUT2D eigenvalue weighted by molar-refractivity contribution is 5.93. The van der Waals surface area contributed by atoms with Crippen molar-refractivity contribution in [3.8, 4) is 11.3 Å². The molecule has 1 amide bonds. The van der Waals surface area contributed by atoms with Gasteiger partial charge >= 0.3 is 0 Å². The summed E-state index contributed by atoms with van der Waals surface area (Å²) in [5.74, 6) is 0.557. The van der Waals surface area contributed by atoms with Gasteiger partial charge in [-0.15, -0.1) is 0 Å². The third-order valence-electron chi connectivity index (χ3n) is 4.49. The minimum Gasteiger partial charge on any atom is -0.355 e. The number of nitrogens with zero attached hydrogens (tertiary/aromatic N) is 2. The number of rotatable bonds is 3. The van der Waals surface area contributed by atoms with Crippen molar-refractivity contribution < 1.29 is 9.32 Å². The van der Waals surface area contributed by atoms with Crippen LogP contribution >= 0.6 is 0 Å². The van der Waals surface area contributed by atoms with E-state index in [-0.39, 0.29) is 11.9 Å². The van der Waals surface area contributed by atoms with Crippen molar-refractivity contribution in [3.63, 3.8) is 0 Å². The second-order valence-corrected chi connectivity index (χ2v) is 6.01. The van der Waals surface area contributed by atoms with Gasteiger partial charge in [0.05, 0.1) is 6.04 Å². The Bertz CT molecular complexity index is 827. The molecule has 0 bridgehead atoms. The van der Waals surface area contributed by atoms with Crippen molar-refractivity contribution in [3.05, 3.63) is 78.0 Å². The highest BCUT2D eigenvalue weighted by atomic mass is 16.5. The highest BCUT2D eigenvalue weighted by Crippen LogP contribution is 2.33. The van der Waals surface area contributed by atoms with Gasteiger partial charge in [0, 0.05) is 18.2 Å². The Labute approximate surface area is 140 Å². The van der Waals surface area contributed by atoms with Gasteiger partial charge in [-0.1, -0.05) is 65.8 Å². The lowest BCUT2D eigenvalue weighted by Gasteiger charge is -2.24. The Kier molecular flexibility index (Phi) is 3.87. The SMILES string of the molecule is O=C(c1cc(-c2ccccc2)on1)N1CCC[C@H]1c1ccccc1. The van der Waals surface area contributed by atoms with E-state index in [1.54, 1.807) is 6.07 Å². The summed E-state index contributed by atoms with van der Waals surface area (Å²) in [5, 5.41) is 4.00. The van der Waals surface area contributed by atoms with Gasteiger partial charge in [0.1, 0.15) is 0 Å². The number of hydrogen-bond acceptors (Lipinski definition) is 3. The average Bonchev–Trinajstić information content (AvgIpc) is 3.32. The fraction of sp³-hybridized carbons (Fsp3) is 0.200. The minimum atomic E-state index is -0.0627. The summed E-state index contributed by atoms with van der Waals surface area (Å²) in [4.78, 5) is 14.8. The largest absolute Gasteiger partial charge is 0.355 e. The Morgan fingerprint density at radius 1 is 1.04 bits per heavy atom. The minimum absolute atomic E-state index is 0.0627. The fourth-order valence-electron chi connectivity index (χ4n) is 3.29. The van der Waals surface area contributed by atoms with Crippen molar-refractivity contribution in [2.24, 2.45) is 0 Å². The van der Waals surface area contributed by atoms with E-state index < -0.39 is 0 Å². The maximum absolute atomic E-state index is 12.9. The molecule has 3 aromatic rings. The van der Waals surface area contributed by atoms with Gasteiger partial charge < -0.3 is 9.42 Å². The van der Waals surface area contributed by atoms with Crippen LogP contribution in [0.5, 0.6) is 0 Å². The Morgan fingerprint density at radius 2 is 1.75 bits per heavy atom. The van der Waals surface area contributed by atoms with Crippen LogP contribution in [0.2, 0.25) is 0 Å². The predicted molar refractivity (Wildman–Crippen MR) is 91.4 cm³/mol. The standard InChI is InChI=1S/C20H18N2O2/c23-20(17-14-19(24-21-17)16-10-5-2-6-11-16)22-13-7-12-18(22)15-8-3-1-4-9-15/h1-6,8-11,14,18H,7,12-13H2/t18-/m0/s1. The first kappa shape index (κ1) is 14.7. The van der Waals surface area contributed by atoms with Crippen molar-refractivity contribution in [1.29, 1.82) is 0 Å². The molecule has 1 atom stereocenters. The molecule has 1 aliphatic rings. The lowest BCUT2D eigenvalue weighted by Crippen LogP contribution is -2.30. The van der Waals surface area contributed by atoms with Crippen LogP contribution in [0.1, 0.15) is 34.9 Å². The zero-order valence-electron chi connectivity index (χ0n) is 13.3. The molecule has 4 rings (SSSR count). The second kappa shape index (κ2) is 6.32. The van der Waals surface area contributed by atoms with Crippen molar-refractivity contribution in [2.75, 3.05) is 6.54 Å². The number of benzene rings is 2. The molecule has 0 saturated carbocycles. The predicted octanol–water partition coefficient (Wildman–Crippen LogP) is 4.32. The summed E-state index contributed by atoms with van der Waals surface area (Å²) in [5.41, 5.74) is 2.47. The van der Waals surface area contributed by atoms with E-state index >= 15 is 0 Å². The fourth-order valence-corrected chi connectivity index (χ4v) is 3.29. The third kappa shape index (κ3) is 2.71. The molecule has 0 spiro atoms. The van der Waals surface area contributed by atoms with Gasteiger partial charge in [0.25, 0.3) is 5.91 Å². The number of aromatic nitrogens is 1. The normalized spacial score (nSPS) is 17.2. The monoisotopic (exact) mass is 318 g/mol. The molecule has 2 heterocycles. The lowest BCUT2D eigenvalue weighted by molar-refractivity contribution is 0.0725. The molecule has 1 saturated heterocycles. The molecule has 0 unspecified atom stereocenters. The second-order valence-electron chi connectivity index (χ2n) is 6.01. The van der Waals surface area contributed by atoms with Gasteiger partial charge in [-0.25, -0.2) is 0 Å². The molecule has 2 aromatic carbocycles. The number of hydrogen-bond donors (Lipinski definition) is 0. The maximum Gasteiger partial charge on any atom is 0.276 e. The van der Waals surface area contributed by atoms with E-state index in [0.29, 0.717) is 11.5 Å². The molecule has 1 aliphatic heterocycles. The Hall–Kier alpha value is -2.88. The molecular weight excluding hydrogens is 300 g/mol. The van der Waals surface area contributed by atoms with Gasteiger partial charge in [0.15, 0.2) is 11.5 Å². The van der Waals surface area contributed by atoms with E-state index in [1.165, 1.54) is 5.56 Å². The van der Waals surface area contributed by atoms with Crippen LogP contribution in [0.25, 0.3) is 11.3 Å². The number of likely N-dealkylation sites (tertiary alicyclic amines) is 1. The molecule has 0 N–H and O–H groups in total. The molecular formula is C20H18N2O2. The smallest absolute Gasteiger partial charge is 0.276 e. The summed E-state index contributed by atoms with van der Waals surface area (Å²) >= 11 is 0. The number of carbonyl (C=O) groups excluding carboxylic acids is 1. The van der Waals surface area contributed by atoms with Crippen LogP contribution < -0.4 is 0 Å². The van der Waals surface area contributed by atoms with Crippen molar-refractivity contribution in [2.45, 2.75) is 18.9 Å². The first-order valence-electron chi connectivity index (χ1n) is 8.21. The summed E-state index contributed by atoms with van der Waals surface area (Å²) in [6.07, 6.45) is 1.99. The summed E-state index contributed by atoms with van der Waals surface area (Å²) in [6.45, 7) is 0.756. The zero-order chi connectivity index (χ0) is 16.4. The van der Waals surface area contributed by atoms with Gasteiger partial charge in [-0.2, -0.15) is 0 Å². The van der Waals surface area contributed by atoms with Crippen LogP contribution in [0, 0.1) is 0 Å². The Balaban J connectivity index is 1.58. The van der Waals surface area contributed by atoms with Gasteiger partial charge in [-0.3, -0.25) is 4.79 Å². The Morgan fingerprint density at radius 3 is 2.50 bits per heavy atom. The zero-order valence-corrected chi connectivity index (χ0v) is 13.3. The van der Waals surface area contributed by atoms with Crippen LogP contribution in [0.15, 0.2) is 71.3 Å².